The Hall–Kier alpha value is -0.750. The van der Waals surface area contributed by atoms with Crippen molar-refractivity contribution in [3.8, 4) is 0 Å². The van der Waals surface area contributed by atoms with Crippen molar-refractivity contribution < 1.29 is 28.1 Å². The zero-order chi connectivity index (χ0) is 22.4. The van der Waals surface area contributed by atoms with Gasteiger partial charge in [0.15, 0.2) is 0 Å². The molecule has 1 rings (SSSR count). The number of rotatable bonds is 17. The van der Waals surface area contributed by atoms with Gasteiger partial charge in [0.1, 0.15) is 5.78 Å². The molecule has 1 aliphatic rings. The minimum Gasteiger partial charge on any atom is -0.337 e. The summed E-state index contributed by atoms with van der Waals surface area (Å²) in [6.45, 7) is 6.46. The Kier molecular flexibility index (Phi) is 13.7. The molecule has 0 aromatic rings. The predicted octanol–water partition coefficient (Wildman–Crippen LogP) is 5.26. The molecule has 3 atom stereocenters. The van der Waals surface area contributed by atoms with Crippen LogP contribution < -0.4 is 0 Å². The first-order chi connectivity index (χ1) is 14.3. The van der Waals surface area contributed by atoms with E-state index in [1.54, 1.807) is 6.92 Å². The van der Waals surface area contributed by atoms with Crippen LogP contribution in [0.5, 0.6) is 0 Å². The van der Waals surface area contributed by atoms with Crippen LogP contribution in [0.4, 0.5) is 0 Å². The van der Waals surface area contributed by atoms with Crippen molar-refractivity contribution in [3.63, 3.8) is 0 Å². The standard InChI is InChI=1S/C22H42NO6P/c1-4-21(24)14-12-10-8-6-7-9-11-13-15-22(25)23-17-19(3)16-20(23)18-29-30(26,27)28-5-2/h19-20H,4-18H2,1-3H3,(H,26,27)/t19-,20+/m1/s1/i24+2,29+2. The number of unbranched alkanes of at least 4 members (excludes halogenated alkanes) is 7. The quantitative estimate of drug-likeness (QED) is 0.184. The predicted molar refractivity (Wildman–Crippen MR) is 118 cm³/mol. The first-order valence-electron chi connectivity index (χ1n) is 11.7. The van der Waals surface area contributed by atoms with E-state index in [4.69, 9.17) is 9.05 Å². The molecule has 0 radical (unpaired) electrons. The van der Waals surface area contributed by atoms with Gasteiger partial charge in [-0.05, 0) is 32.1 Å². The molecule has 1 unspecified atom stereocenters. The summed E-state index contributed by atoms with van der Waals surface area (Å²) in [6.07, 6.45) is 11.4. The average Bonchev–Trinajstić information content (AvgIpc) is 3.08. The number of hydrogen-bond donors (Lipinski definition) is 1. The van der Waals surface area contributed by atoms with Crippen LogP contribution in [0.25, 0.3) is 0 Å². The molecule has 1 heterocycles. The summed E-state index contributed by atoms with van der Waals surface area (Å²) in [7, 11) is -4.03. The Morgan fingerprint density at radius 2 is 1.67 bits per heavy atom. The summed E-state index contributed by atoms with van der Waals surface area (Å²) in [5, 5.41) is 0. The topological polar surface area (TPSA) is 93.1 Å². The summed E-state index contributed by atoms with van der Waals surface area (Å²) in [4.78, 5) is 35.3. The molecule has 0 aliphatic carbocycles. The van der Waals surface area contributed by atoms with Crippen LogP contribution in [-0.2, 0) is 23.2 Å². The Balaban J connectivity index is 2.16. The van der Waals surface area contributed by atoms with Gasteiger partial charge in [-0.3, -0.25) is 18.6 Å². The highest BCUT2D eigenvalue weighted by atomic mass is 31.2. The van der Waals surface area contributed by atoms with Crippen molar-refractivity contribution >= 4 is 19.5 Å². The number of phosphoric ester groups is 1. The second-order valence-corrected chi connectivity index (χ2v) is 9.90. The van der Waals surface area contributed by atoms with Gasteiger partial charge >= 0.3 is 7.82 Å². The second kappa shape index (κ2) is 15.1. The summed E-state index contributed by atoms with van der Waals surface area (Å²) in [5.74, 6) is 0.832. The number of phosphoric acid groups is 1. The fraction of sp³-hybridized carbons (Fsp3) is 0.909. The molecule has 1 saturated heterocycles. The molecule has 0 saturated carbocycles. The second-order valence-electron chi connectivity index (χ2n) is 8.44. The minimum absolute atomic E-state index is 0.0354. The number of carbonyl (C=O) groups excluding carboxylic acids is 2. The van der Waals surface area contributed by atoms with Gasteiger partial charge in [0, 0.05) is 25.8 Å². The first-order valence-corrected chi connectivity index (χ1v) is 13.2. The van der Waals surface area contributed by atoms with Gasteiger partial charge in [-0.15, -0.1) is 0 Å². The SMILES string of the molecule is CCOP(=O)(O)[18O]C[C@@H]1C[C@@H](C)CN1C(=O)CCCCCCCCCCC(=[18O])CC. The number of likely N-dealkylation sites (tertiary alicyclic amines) is 1. The highest BCUT2D eigenvalue weighted by molar-refractivity contribution is 7.47. The largest absolute Gasteiger partial charge is 0.472 e. The van der Waals surface area contributed by atoms with E-state index >= 15 is 0 Å². The average molecular weight is 452 g/mol. The maximum Gasteiger partial charge on any atom is 0.472 e. The lowest BCUT2D eigenvalue weighted by molar-refractivity contribution is -0.133. The molecule has 1 aliphatic heterocycles. The van der Waals surface area contributed by atoms with Crippen LogP contribution in [0.15, 0.2) is 0 Å². The van der Waals surface area contributed by atoms with E-state index in [2.05, 4.69) is 6.92 Å². The van der Waals surface area contributed by atoms with Crippen LogP contribution in [0, 0.1) is 5.92 Å². The van der Waals surface area contributed by atoms with E-state index in [0.29, 0.717) is 31.1 Å². The number of amides is 1. The molecule has 0 aromatic heterocycles. The van der Waals surface area contributed by atoms with Gasteiger partial charge in [-0.25, -0.2) is 4.57 Å². The number of nitrogens with zero attached hydrogens (tertiary/aromatic N) is 1. The van der Waals surface area contributed by atoms with Gasteiger partial charge in [0.2, 0.25) is 5.91 Å². The number of Topliss-reactive ketones (excluding diaryl/α,β-unsaturated/α-hetero) is 1. The summed E-state index contributed by atoms with van der Waals surface area (Å²) in [6, 6.07) is -0.159. The Morgan fingerprint density at radius 1 is 1.10 bits per heavy atom. The molecular weight excluding hydrogens is 409 g/mol. The summed E-state index contributed by atoms with van der Waals surface area (Å²) < 4.78 is 21.5. The molecule has 30 heavy (non-hydrogen) atoms. The van der Waals surface area contributed by atoms with E-state index in [9.17, 15) is 19.0 Å². The Bertz CT molecular complexity index is 556. The van der Waals surface area contributed by atoms with Gasteiger partial charge in [-0.1, -0.05) is 52.4 Å². The van der Waals surface area contributed by atoms with Crippen molar-refractivity contribution in [2.75, 3.05) is 19.8 Å². The molecular formula is C22H42NO6P. The van der Waals surface area contributed by atoms with E-state index in [-0.39, 0.29) is 25.2 Å². The number of hydrogen-bond acceptors (Lipinski definition) is 5. The van der Waals surface area contributed by atoms with E-state index < -0.39 is 7.82 Å². The van der Waals surface area contributed by atoms with Crippen molar-refractivity contribution in [2.24, 2.45) is 5.92 Å². The third-order valence-corrected chi connectivity index (χ3v) is 6.72. The first kappa shape index (κ1) is 27.3. The van der Waals surface area contributed by atoms with E-state index in [1.807, 2.05) is 11.8 Å². The van der Waals surface area contributed by atoms with E-state index in [0.717, 1.165) is 44.9 Å². The number of carbonyl (C=O) groups is 2. The lowest BCUT2D eigenvalue weighted by Crippen LogP contribution is -2.38. The highest BCUT2D eigenvalue weighted by Crippen LogP contribution is 2.43. The molecule has 1 fully saturated rings. The highest BCUT2D eigenvalue weighted by Gasteiger charge is 2.34. The maximum atomic E-state index is 12.6. The minimum atomic E-state index is -4.03. The molecule has 1 amide bonds. The van der Waals surface area contributed by atoms with Crippen molar-refractivity contribution in [2.45, 2.75) is 104 Å². The zero-order valence-corrected chi connectivity index (χ0v) is 20.0. The molecule has 0 bridgehead atoms. The van der Waals surface area contributed by atoms with Crippen LogP contribution in [-0.4, -0.2) is 47.3 Å². The van der Waals surface area contributed by atoms with Crippen molar-refractivity contribution in [3.05, 3.63) is 0 Å². The smallest absolute Gasteiger partial charge is 0.337 e. The third-order valence-electron chi connectivity index (χ3n) is 5.66. The molecule has 7 nitrogen and oxygen atoms in total. The van der Waals surface area contributed by atoms with Crippen LogP contribution >= 0.6 is 7.82 Å². The molecule has 0 spiro atoms. The van der Waals surface area contributed by atoms with Crippen LogP contribution in [0.2, 0.25) is 0 Å². The Labute approximate surface area is 182 Å². The monoisotopic (exact) mass is 451 g/mol. The molecule has 0 aromatic carbocycles. The van der Waals surface area contributed by atoms with Crippen molar-refractivity contribution in [1.82, 2.24) is 4.90 Å². The molecule has 176 valence electrons. The lowest BCUT2D eigenvalue weighted by Gasteiger charge is -2.25. The van der Waals surface area contributed by atoms with Crippen LogP contribution in [0.3, 0.4) is 0 Å². The maximum absolute atomic E-state index is 12.6. The fourth-order valence-corrected chi connectivity index (χ4v) is 4.74. The molecule has 8 heteroatoms. The van der Waals surface area contributed by atoms with Crippen LogP contribution in [0.1, 0.15) is 97.8 Å². The van der Waals surface area contributed by atoms with Gasteiger partial charge in [0.05, 0.1) is 19.3 Å². The van der Waals surface area contributed by atoms with E-state index in [1.165, 1.54) is 19.3 Å². The summed E-state index contributed by atoms with van der Waals surface area (Å²) >= 11 is 0. The van der Waals surface area contributed by atoms with Gasteiger partial charge in [0.25, 0.3) is 0 Å². The lowest BCUT2D eigenvalue weighted by atomic mass is 10.0. The molecule has 1 N–H and O–H groups in total. The van der Waals surface area contributed by atoms with Gasteiger partial charge in [-0.2, -0.15) is 0 Å². The number of ketones is 1. The summed E-state index contributed by atoms with van der Waals surface area (Å²) in [5.41, 5.74) is 0. The third kappa shape index (κ3) is 11.6. The zero-order valence-electron chi connectivity index (χ0n) is 19.1. The van der Waals surface area contributed by atoms with Gasteiger partial charge < -0.3 is 9.79 Å². The normalized spacial score (nSPS) is 21.0. The Morgan fingerprint density at radius 3 is 2.23 bits per heavy atom. The fourth-order valence-electron chi connectivity index (χ4n) is 3.97. The van der Waals surface area contributed by atoms with Crippen molar-refractivity contribution in [1.29, 1.82) is 0 Å².